The van der Waals surface area contributed by atoms with E-state index >= 15 is 0 Å². The summed E-state index contributed by atoms with van der Waals surface area (Å²) in [5.74, 6) is -6.05. The Kier molecular flexibility index (Phi) is 39.3. The summed E-state index contributed by atoms with van der Waals surface area (Å²) < 4.78 is 79.4. The molecule has 0 aromatic heterocycles. The number of benzene rings is 3. The molecule has 0 unspecified atom stereocenters. The van der Waals surface area contributed by atoms with E-state index in [2.05, 4.69) is 31.9 Å². The number of carbonyl (C=O) groups excluding carboxylic acids is 10. The molecule has 4 heterocycles. The molecule has 37 heteroatoms. The summed E-state index contributed by atoms with van der Waals surface area (Å²) in [4.78, 5) is 147. The zero-order valence-electron chi connectivity index (χ0n) is 69.3. The highest BCUT2D eigenvalue weighted by atomic mass is 35.5. The van der Waals surface area contributed by atoms with Gasteiger partial charge in [0, 0.05) is 89.3 Å². The lowest BCUT2D eigenvalue weighted by molar-refractivity contribution is -0.143. The maximum absolute atomic E-state index is 14.6. The number of amides is 10. The van der Waals surface area contributed by atoms with Gasteiger partial charge in [0.2, 0.25) is 29.5 Å². The van der Waals surface area contributed by atoms with Crippen LogP contribution in [0.4, 0.5) is 26.7 Å². The second kappa shape index (κ2) is 48.5. The van der Waals surface area contributed by atoms with Crippen molar-refractivity contribution < 1.29 is 129 Å². The Morgan fingerprint density at radius 2 is 1.30 bits per heavy atom. The largest absolute Gasteiger partial charge is 0.495 e. The van der Waals surface area contributed by atoms with Crippen molar-refractivity contribution in [2.75, 3.05) is 170 Å². The fraction of sp³-hybridized carbons (Fsp3) is 0.573. The maximum atomic E-state index is 14.6. The number of aliphatic hydroxyl groups is 1. The van der Waals surface area contributed by atoms with Crippen LogP contribution in [0, 0.1) is 11.8 Å². The number of nitrogens with zero attached hydrogens (tertiary/aromatic N) is 3. The van der Waals surface area contributed by atoms with E-state index in [1.54, 1.807) is 82.4 Å². The van der Waals surface area contributed by atoms with Crippen molar-refractivity contribution in [1.82, 2.24) is 31.1 Å². The molecule has 9 atom stereocenters. The van der Waals surface area contributed by atoms with Gasteiger partial charge in [-0.2, -0.15) is 0 Å². The highest BCUT2D eigenvalue weighted by molar-refractivity contribution is 6.35. The van der Waals surface area contributed by atoms with Gasteiger partial charge in [0.1, 0.15) is 53.5 Å². The van der Waals surface area contributed by atoms with Crippen LogP contribution in [-0.2, 0) is 115 Å². The topological polar surface area (TPSA) is 443 Å². The second-order valence-corrected chi connectivity index (χ2v) is 29.6. The molecule has 0 spiro atoms. The van der Waals surface area contributed by atoms with Crippen LogP contribution in [0.1, 0.15) is 101 Å². The third-order valence-corrected chi connectivity index (χ3v) is 20.3. The molecule has 0 saturated carbocycles. The Labute approximate surface area is 697 Å². The molecular weight excluding hydrogens is 1580 g/mol. The Bertz CT molecular complexity index is 4020. The van der Waals surface area contributed by atoms with Crippen LogP contribution in [0.5, 0.6) is 11.5 Å². The fourth-order valence-electron chi connectivity index (χ4n) is 13.0. The lowest BCUT2D eigenvalue weighted by Gasteiger charge is -2.42. The number of carbonyl (C=O) groups is 11. The number of likely N-dealkylation sites (N-methyl/N-ethyl adjacent to an activating group) is 1. The van der Waals surface area contributed by atoms with Crippen LogP contribution in [-0.4, -0.2) is 287 Å². The van der Waals surface area contributed by atoms with Crippen LogP contribution >= 0.6 is 11.6 Å². The van der Waals surface area contributed by atoms with Gasteiger partial charge in [-0.1, -0.05) is 61.4 Å². The minimum absolute atomic E-state index is 0.00616. The summed E-state index contributed by atoms with van der Waals surface area (Å²) >= 11 is 6.83. The fourth-order valence-corrected chi connectivity index (χ4v) is 13.3. The number of methoxy groups -OCH3 is 3. The van der Waals surface area contributed by atoms with Gasteiger partial charge in [0.15, 0.2) is 5.72 Å². The number of allylic oxidation sites excluding steroid dienone is 3. The first-order chi connectivity index (χ1) is 56.9. The third kappa shape index (κ3) is 30.5. The standard InChI is InChI=1S/C82H114ClN9O27/c1-51(2)73(88-68(94)23-27-109-29-31-111-33-35-113-37-39-115-41-42-116-40-38-114-36-34-112-32-30-110-28-25-84-67(93)22-26-92-70(96)19-20-71(92)97)76(99)85-53(4)75(98)86-58-17-15-55(16-18-58)50-117-79(103)87-61-47-57(59(48-63(61)106-9)77(100)90(7)54(5)78(101)102)46-60-65-49-82(105,89-80(104)118-65)66(108-11)14-12-13-52(3)43-56-44-62(72(83)64(45-56)107-10)91(8)69(95)21-24-81(6)74(60)119-81/h12-20,44-45,47-48,51,53-54,60,65-66,73-74,105H,21-43,46,49-50H2,1-11H3,(H,84,93)(H,85,99)(H,86,98)(H,87,103)(H,88,94)(H,89,104)(H,101,102)/b14-12+,52-13+/t53-,54-,60+,65-,66+,73-,74-,81-,82-/m0/s1. The molecule has 2 saturated heterocycles. The van der Waals surface area contributed by atoms with Crippen LogP contribution < -0.4 is 46.3 Å². The smallest absolute Gasteiger partial charge is 0.412 e. The molecule has 0 aliphatic carbocycles. The van der Waals surface area contributed by atoms with Crippen LogP contribution in [0.25, 0.3) is 0 Å². The molecule has 4 aliphatic rings. The second-order valence-electron chi connectivity index (χ2n) is 29.2. The molecule has 656 valence electrons. The molecule has 3 aromatic rings. The van der Waals surface area contributed by atoms with Gasteiger partial charge >= 0.3 is 18.2 Å². The maximum Gasteiger partial charge on any atom is 0.412 e. The van der Waals surface area contributed by atoms with Crippen LogP contribution in [0.2, 0.25) is 5.02 Å². The summed E-state index contributed by atoms with van der Waals surface area (Å²) in [6.07, 6.45) is 2.30. The molecule has 4 aliphatic heterocycles. The van der Waals surface area contributed by atoms with Gasteiger partial charge in [0.05, 0.1) is 143 Å². The molecule has 8 N–H and O–H groups in total. The van der Waals surface area contributed by atoms with Crippen LogP contribution in [0.15, 0.2) is 84.5 Å². The zero-order valence-corrected chi connectivity index (χ0v) is 70.1. The summed E-state index contributed by atoms with van der Waals surface area (Å²) in [7, 11) is 7.06. The summed E-state index contributed by atoms with van der Waals surface area (Å²) in [5.41, 5.74) is -0.122. The van der Waals surface area contributed by atoms with Gasteiger partial charge in [-0.15, -0.1) is 0 Å². The number of alkyl carbamates (subject to hydrolysis) is 1. The Morgan fingerprint density at radius 3 is 1.87 bits per heavy atom. The number of aliphatic carboxylic acids is 1. The molecule has 3 aromatic carbocycles. The first-order valence-corrected chi connectivity index (χ1v) is 39.7. The molecule has 0 radical (unpaired) electrons. The molecule has 36 nitrogen and oxygen atoms in total. The number of carboxylic acid groups (broad SMARTS) is 1. The predicted octanol–water partition coefficient (Wildman–Crippen LogP) is 5.21. The number of anilines is 3. The van der Waals surface area contributed by atoms with Crippen molar-refractivity contribution in [1.29, 1.82) is 0 Å². The van der Waals surface area contributed by atoms with Crippen LogP contribution in [0.3, 0.4) is 0 Å². The van der Waals surface area contributed by atoms with Crippen molar-refractivity contribution in [3.8, 4) is 11.5 Å². The number of rotatable bonds is 47. The average molecular weight is 1690 g/mol. The first-order valence-electron chi connectivity index (χ1n) is 39.3. The summed E-state index contributed by atoms with van der Waals surface area (Å²) in [6, 6.07) is 9.33. The number of epoxide rings is 1. The number of ether oxygens (including phenoxy) is 14. The molecular formula is C82H114ClN9O27. The number of imide groups is 1. The van der Waals surface area contributed by atoms with E-state index in [4.69, 9.17) is 77.9 Å². The zero-order chi connectivity index (χ0) is 86.8. The van der Waals surface area contributed by atoms with E-state index in [0.717, 1.165) is 20.9 Å². The van der Waals surface area contributed by atoms with Gasteiger partial charge in [-0.3, -0.25) is 53.9 Å². The summed E-state index contributed by atoms with van der Waals surface area (Å²) in [5, 5.41) is 38.8. The van der Waals surface area contributed by atoms with Crippen molar-refractivity contribution in [2.45, 2.75) is 141 Å². The number of carboxylic acids is 1. The number of fused-ring (bicyclic) bond motifs is 5. The Balaban J connectivity index is 0.812. The van der Waals surface area contributed by atoms with E-state index in [0.29, 0.717) is 115 Å². The molecule has 4 bridgehead atoms. The number of nitrogens with one attached hydrogen (secondary N) is 6. The minimum Gasteiger partial charge on any atom is -0.495 e. The molecule has 10 amide bonds. The van der Waals surface area contributed by atoms with E-state index < -0.39 is 107 Å². The van der Waals surface area contributed by atoms with Gasteiger partial charge in [0.25, 0.3) is 17.7 Å². The van der Waals surface area contributed by atoms with Gasteiger partial charge in [-0.05, 0) is 106 Å². The molecule has 7 rings (SSSR count). The summed E-state index contributed by atoms with van der Waals surface area (Å²) in [6.45, 7) is 15.2. The Morgan fingerprint density at radius 1 is 0.723 bits per heavy atom. The Hall–Kier alpha value is -9.70. The number of hydrogen-bond acceptors (Lipinski definition) is 26. The molecule has 2 fully saturated rings. The number of halogens is 1. The average Bonchev–Trinajstić information content (AvgIpc) is 1.59. The third-order valence-electron chi connectivity index (χ3n) is 20.0. The normalized spacial score (nSPS) is 20.7. The first kappa shape index (κ1) is 96.4. The SMILES string of the molecule is COc1cc(C(=O)N(C)[C@@H](C)C(=O)O)c(C[C@@H]2[C@@H]3C[C@@](O)(NC(=O)O3)[C@H](OC)/C=C/C=C(\C)Cc3cc(OC)c(Cl)c(c3)N(C)C(=O)CC[C@]3(C)O[C@@H]23)cc1NC(=O)OCc1ccc(NC(=O)[C@H](C)NC(=O)[C@@H](NC(=O)CCOCCOCCOCCOCCOCCOCCOCCOCCNC(=O)CCN2C(=O)C=CC2=O)C(C)C)cc1. The van der Waals surface area contributed by atoms with Crippen molar-refractivity contribution in [2.24, 2.45) is 11.8 Å². The quantitative estimate of drug-likeness (QED) is 0.0204. The molecule has 119 heavy (non-hydrogen) atoms. The van der Waals surface area contributed by atoms with Gasteiger partial charge in [-0.25, -0.2) is 14.4 Å². The van der Waals surface area contributed by atoms with Gasteiger partial charge < -0.3 is 108 Å². The lowest BCUT2D eigenvalue weighted by Crippen LogP contribution is -2.63. The van der Waals surface area contributed by atoms with Crippen molar-refractivity contribution >= 4 is 94.1 Å². The van der Waals surface area contributed by atoms with E-state index in [-0.39, 0.29) is 123 Å². The monoisotopic (exact) mass is 1690 g/mol. The van der Waals surface area contributed by atoms with Crippen molar-refractivity contribution in [3.05, 3.63) is 112 Å². The van der Waals surface area contributed by atoms with E-state index in [1.165, 1.54) is 71.4 Å². The minimum atomic E-state index is -2.09. The van der Waals surface area contributed by atoms with E-state index in [1.807, 2.05) is 6.92 Å². The lowest BCUT2D eigenvalue weighted by atomic mass is 9.79. The van der Waals surface area contributed by atoms with E-state index in [9.17, 15) is 63.0 Å². The predicted molar refractivity (Wildman–Crippen MR) is 432 cm³/mol. The van der Waals surface area contributed by atoms with Crippen molar-refractivity contribution in [3.63, 3.8) is 0 Å². The highest BCUT2D eigenvalue weighted by Crippen LogP contribution is 2.50. The number of hydrogen-bond donors (Lipinski definition) is 8. The highest BCUT2D eigenvalue weighted by Gasteiger charge is 2.60.